The first-order chi connectivity index (χ1) is 12.5. The number of anilines is 1. The van der Waals surface area contributed by atoms with Gasteiger partial charge in [-0.25, -0.2) is 0 Å². The van der Waals surface area contributed by atoms with Gasteiger partial charge in [0.2, 0.25) is 0 Å². The van der Waals surface area contributed by atoms with E-state index in [2.05, 4.69) is 36.5 Å². The Morgan fingerprint density at radius 3 is 2.65 bits per heavy atom. The second kappa shape index (κ2) is 7.76. The molecule has 1 amide bonds. The van der Waals surface area contributed by atoms with Gasteiger partial charge in [-0.2, -0.15) is 0 Å². The van der Waals surface area contributed by atoms with E-state index in [4.69, 9.17) is 0 Å². The number of amides is 1. The van der Waals surface area contributed by atoms with Gasteiger partial charge in [0.25, 0.3) is 11.6 Å². The van der Waals surface area contributed by atoms with Gasteiger partial charge in [-0.05, 0) is 23.8 Å². The Labute approximate surface area is 151 Å². The highest BCUT2D eigenvalue weighted by Gasteiger charge is 2.15. The molecule has 0 saturated heterocycles. The quantitative estimate of drug-likeness (QED) is 0.529. The number of hydrogen-bond donors (Lipinski definition) is 2. The maximum Gasteiger partial charge on any atom is 0.279 e. The number of hydrogen-bond acceptors (Lipinski definition) is 3. The minimum atomic E-state index is -0.482. The lowest BCUT2D eigenvalue weighted by atomic mass is 10.00. The summed E-state index contributed by atoms with van der Waals surface area (Å²) in [6, 6.07) is 20.4. The van der Waals surface area contributed by atoms with Crippen LogP contribution in [0.3, 0.4) is 0 Å². The van der Waals surface area contributed by atoms with Gasteiger partial charge in [0.15, 0.2) is 6.54 Å². The summed E-state index contributed by atoms with van der Waals surface area (Å²) >= 11 is 0. The van der Waals surface area contributed by atoms with E-state index in [1.165, 1.54) is 28.5 Å². The molecule has 3 N–H and O–H groups in total. The van der Waals surface area contributed by atoms with Gasteiger partial charge in [-0.1, -0.05) is 48.5 Å². The van der Waals surface area contributed by atoms with Crippen LogP contribution in [0.25, 0.3) is 10.8 Å². The molecule has 3 rings (SSSR count). The number of rotatable bonds is 6. The maximum absolute atomic E-state index is 12.2. The highest BCUT2D eigenvalue weighted by Crippen LogP contribution is 2.22. The lowest BCUT2D eigenvalue weighted by Crippen LogP contribution is -2.86. The Balaban J connectivity index is 1.64. The summed E-state index contributed by atoms with van der Waals surface area (Å²) in [5.74, 6) is -0.197. The molecule has 0 aromatic heterocycles. The largest absolute Gasteiger partial charge is 0.332 e. The fourth-order valence-electron chi connectivity index (χ4n) is 2.97. The summed E-state index contributed by atoms with van der Waals surface area (Å²) < 4.78 is 0. The highest BCUT2D eigenvalue weighted by atomic mass is 16.6. The Hall–Kier alpha value is -3.25. The summed E-state index contributed by atoms with van der Waals surface area (Å²) in [4.78, 5) is 22.5. The molecule has 0 saturated carbocycles. The number of carbonyl (C=O) groups excluding carboxylic acids is 1. The van der Waals surface area contributed by atoms with E-state index in [1.807, 2.05) is 23.5 Å². The molecule has 0 spiro atoms. The zero-order valence-corrected chi connectivity index (χ0v) is 14.4. The van der Waals surface area contributed by atoms with E-state index in [-0.39, 0.29) is 24.2 Å². The van der Waals surface area contributed by atoms with Crippen LogP contribution in [-0.2, 0) is 4.79 Å². The standard InChI is InChI=1S/C20H19N3O3/c1-14(18-11-4-7-15-6-2-3-10-19(15)18)21-13-20(24)22-16-8-5-9-17(12-16)23(25)26/h2-12,14,21H,13H2,1H3,(H,22,24)/p+1/t14-/m1/s1. The van der Waals surface area contributed by atoms with Crippen LogP contribution >= 0.6 is 0 Å². The molecule has 0 heterocycles. The summed E-state index contributed by atoms with van der Waals surface area (Å²) in [7, 11) is 0. The maximum atomic E-state index is 12.2. The molecule has 0 bridgehead atoms. The molecule has 6 nitrogen and oxygen atoms in total. The van der Waals surface area contributed by atoms with Crippen LogP contribution in [0.5, 0.6) is 0 Å². The number of nitro groups is 1. The van der Waals surface area contributed by atoms with Crippen LogP contribution in [0.15, 0.2) is 66.7 Å². The predicted molar refractivity (Wildman–Crippen MR) is 101 cm³/mol. The Morgan fingerprint density at radius 2 is 1.85 bits per heavy atom. The SMILES string of the molecule is C[C@@H]([NH2+]CC(=O)Nc1cccc([N+](=O)[O-])c1)c1cccc2ccccc12. The van der Waals surface area contributed by atoms with E-state index < -0.39 is 4.92 Å². The van der Waals surface area contributed by atoms with E-state index >= 15 is 0 Å². The van der Waals surface area contributed by atoms with Crippen molar-refractivity contribution in [3.8, 4) is 0 Å². The van der Waals surface area contributed by atoms with Crippen LogP contribution < -0.4 is 10.6 Å². The summed E-state index contributed by atoms with van der Waals surface area (Å²) in [5, 5.41) is 17.8. The fraction of sp³-hybridized carbons (Fsp3) is 0.150. The smallest absolute Gasteiger partial charge is 0.279 e. The molecule has 3 aromatic carbocycles. The molecule has 26 heavy (non-hydrogen) atoms. The first-order valence-corrected chi connectivity index (χ1v) is 8.40. The van der Waals surface area contributed by atoms with Crippen LogP contribution in [0.4, 0.5) is 11.4 Å². The van der Waals surface area contributed by atoms with Gasteiger partial charge in [-0.15, -0.1) is 0 Å². The number of carbonyl (C=O) groups is 1. The van der Waals surface area contributed by atoms with Gasteiger partial charge in [0.1, 0.15) is 6.04 Å². The molecule has 0 unspecified atom stereocenters. The van der Waals surface area contributed by atoms with Gasteiger partial charge in [-0.3, -0.25) is 14.9 Å². The van der Waals surface area contributed by atoms with Crippen LogP contribution in [0.1, 0.15) is 18.5 Å². The molecular weight excluding hydrogens is 330 g/mol. The second-order valence-electron chi connectivity index (χ2n) is 6.15. The zero-order chi connectivity index (χ0) is 18.5. The van der Waals surface area contributed by atoms with Crippen molar-refractivity contribution in [1.29, 1.82) is 0 Å². The molecule has 0 aliphatic carbocycles. The molecule has 0 fully saturated rings. The second-order valence-corrected chi connectivity index (χ2v) is 6.15. The van der Waals surface area contributed by atoms with Gasteiger partial charge in [0, 0.05) is 23.4 Å². The van der Waals surface area contributed by atoms with Crippen molar-refractivity contribution >= 4 is 28.1 Å². The van der Waals surface area contributed by atoms with Crippen molar-refractivity contribution in [2.45, 2.75) is 13.0 Å². The van der Waals surface area contributed by atoms with Crippen molar-refractivity contribution in [1.82, 2.24) is 0 Å². The third-order valence-corrected chi connectivity index (χ3v) is 4.31. The van der Waals surface area contributed by atoms with Crippen molar-refractivity contribution in [3.05, 3.63) is 82.4 Å². The molecule has 1 atom stereocenters. The summed E-state index contributed by atoms with van der Waals surface area (Å²) in [6.07, 6.45) is 0. The minimum absolute atomic E-state index is 0.0455. The average molecular weight is 350 g/mol. The first-order valence-electron chi connectivity index (χ1n) is 8.40. The summed E-state index contributed by atoms with van der Waals surface area (Å²) in [6.45, 7) is 2.29. The number of nitrogens with two attached hydrogens (primary N) is 1. The third-order valence-electron chi connectivity index (χ3n) is 4.31. The normalized spacial score (nSPS) is 11.9. The number of benzene rings is 3. The van der Waals surface area contributed by atoms with Gasteiger partial charge in [0.05, 0.1) is 4.92 Å². The third kappa shape index (κ3) is 4.04. The molecule has 0 aliphatic rings. The van der Waals surface area contributed by atoms with E-state index in [1.54, 1.807) is 12.1 Å². The minimum Gasteiger partial charge on any atom is -0.332 e. The van der Waals surface area contributed by atoms with Crippen LogP contribution in [0.2, 0.25) is 0 Å². The number of nitrogens with zero attached hydrogens (tertiary/aromatic N) is 1. The molecular formula is C20H20N3O3+. The Morgan fingerprint density at radius 1 is 1.12 bits per heavy atom. The Bertz CT molecular complexity index is 950. The number of nitro benzene ring substituents is 1. The number of non-ortho nitro benzene ring substituents is 1. The van der Waals surface area contributed by atoms with E-state index in [0.29, 0.717) is 5.69 Å². The lowest BCUT2D eigenvalue weighted by molar-refractivity contribution is -0.682. The number of nitrogens with one attached hydrogen (secondary N) is 1. The molecule has 0 radical (unpaired) electrons. The van der Waals surface area contributed by atoms with Crippen molar-refractivity contribution in [2.24, 2.45) is 0 Å². The zero-order valence-electron chi connectivity index (χ0n) is 14.4. The van der Waals surface area contributed by atoms with Crippen LogP contribution in [0, 0.1) is 10.1 Å². The molecule has 0 aliphatic heterocycles. The monoisotopic (exact) mass is 350 g/mol. The summed E-state index contributed by atoms with van der Waals surface area (Å²) in [5.41, 5.74) is 1.55. The lowest BCUT2D eigenvalue weighted by Gasteiger charge is -2.13. The molecule has 6 heteroatoms. The molecule has 132 valence electrons. The van der Waals surface area contributed by atoms with Gasteiger partial charge >= 0.3 is 0 Å². The average Bonchev–Trinajstić information content (AvgIpc) is 2.66. The van der Waals surface area contributed by atoms with Crippen molar-refractivity contribution in [2.75, 3.05) is 11.9 Å². The Kier molecular flexibility index (Phi) is 5.24. The predicted octanol–water partition coefficient (Wildman–Crippen LogP) is 3.01. The number of quaternary nitrogens is 1. The first kappa shape index (κ1) is 17.6. The van der Waals surface area contributed by atoms with Crippen molar-refractivity contribution < 1.29 is 15.0 Å². The number of fused-ring (bicyclic) bond motifs is 1. The highest BCUT2D eigenvalue weighted by molar-refractivity contribution is 5.91. The molecule has 3 aromatic rings. The topological polar surface area (TPSA) is 88.8 Å². The van der Waals surface area contributed by atoms with Crippen LogP contribution in [-0.4, -0.2) is 17.4 Å². The van der Waals surface area contributed by atoms with E-state index in [0.717, 1.165) is 0 Å². The fourth-order valence-corrected chi connectivity index (χ4v) is 2.97. The van der Waals surface area contributed by atoms with Gasteiger partial charge < -0.3 is 10.6 Å². The van der Waals surface area contributed by atoms with E-state index in [9.17, 15) is 14.9 Å². The van der Waals surface area contributed by atoms with Crippen molar-refractivity contribution in [3.63, 3.8) is 0 Å².